The molecule has 0 aromatic carbocycles. The lowest BCUT2D eigenvalue weighted by Gasteiger charge is -2.33. The van der Waals surface area contributed by atoms with Crippen LogP contribution in [0.4, 0.5) is 0 Å². The number of imidazole rings is 1. The summed E-state index contributed by atoms with van der Waals surface area (Å²) in [5, 5.41) is 0.0595. The third-order valence-electron chi connectivity index (χ3n) is 3.26. The van der Waals surface area contributed by atoms with Crippen LogP contribution < -0.4 is 0 Å². The summed E-state index contributed by atoms with van der Waals surface area (Å²) in [5.74, 6) is -0.392. The molecule has 1 aliphatic heterocycles. The number of ether oxygens (including phenoxy) is 1. The second-order valence-corrected chi connectivity index (χ2v) is 6.32. The SMILES string of the molecule is COC(=O)CC1CCCCN1S(=O)(=O)c1cnc[nH]1. The molecule has 1 aromatic heterocycles. The Morgan fingerprint density at radius 1 is 1.58 bits per heavy atom. The van der Waals surface area contributed by atoms with Crippen molar-refractivity contribution in [3.63, 3.8) is 0 Å². The summed E-state index contributed by atoms with van der Waals surface area (Å²) in [5.41, 5.74) is 0. The van der Waals surface area contributed by atoms with Crippen LogP contribution in [0, 0.1) is 0 Å². The lowest BCUT2D eigenvalue weighted by atomic mass is 10.0. The number of methoxy groups -OCH3 is 1. The number of piperidine rings is 1. The zero-order chi connectivity index (χ0) is 13.9. The van der Waals surface area contributed by atoms with Crippen LogP contribution in [0.5, 0.6) is 0 Å². The zero-order valence-corrected chi connectivity index (χ0v) is 11.5. The number of rotatable bonds is 4. The normalized spacial score (nSPS) is 21.2. The molecular formula is C11H17N3O4S. The predicted octanol–water partition coefficient (Wildman–Crippen LogP) is 0.516. The maximum absolute atomic E-state index is 12.4. The Balaban J connectivity index is 2.22. The van der Waals surface area contributed by atoms with Crippen LogP contribution in [0.15, 0.2) is 17.6 Å². The zero-order valence-electron chi connectivity index (χ0n) is 10.7. The van der Waals surface area contributed by atoms with E-state index in [4.69, 9.17) is 0 Å². The van der Waals surface area contributed by atoms with Crippen LogP contribution in [-0.4, -0.2) is 48.4 Å². The Hall–Kier alpha value is -1.41. The monoisotopic (exact) mass is 287 g/mol. The molecule has 1 N–H and O–H groups in total. The van der Waals surface area contributed by atoms with Crippen molar-refractivity contribution in [2.75, 3.05) is 13.7 Å². The number of carbonyl (C=O) groups is 1. The number of nitrogens with one attached hydrogen (secondary N) is 1. The first-order valence-corrected chi connectivity index (χ1v) is 7.56. The van der Waals surface area contributed by atoms with Crippen LogP contribution in [0.3, 0.4) is 0 Å². The van der Waals surface area contributed by atoms with Gasteiger partial charge in [0.05, 0.1) is 26.1 Å². The van der Waals surface area contributed by atoms with Crippen molar-refractivity contribution in [2.45, 2.75) is 36.8 Å². The lowest BCUT2D eigenvalue weighted by Crippen LogP contribution is -2.44. The van der Waals surface area contributed by atoms with Gasteiger partial charge in [-0.05, 0) is 12.8 Å². The van der Waals surface area contributed by atoms with E-state index in [0.29, 0.717) is 13.0 Å². The summed E-state index contributed by atoms with van der Waals surface area (Å²) in [7, 11) is -2.31. The number of hydrogen-bond acceptors (Lipinski definition) is 5. The molecule has 0 bridgehead atoms. The van der Waals surface area contributed by atoms with Crippen molar-refractivity contribution in [3.8, 4) is 0 Å². The molecule has 1 atom stereocenters. The quantitative estimate of drug-likeness (QED) is 0.815. The minimum absolute atomic E-state index is 0.0595. The van der Waals surface area contributed by atoms with Crippen LogP contribution in [0.1, 0.15) is 25.7 Å². The van der Waals surface area contributed by atoms with E-state index < -0.39 is 16.0 Å². The largest absolute Gasteiger partial charge is 0.469 e. The van der Waals surface area contributed by atoms with Gasteiger partial charge in [0.25, 0.3) is 10.0 Å². The molecule has 1 saturated heterocycles. The van der Waals surface area contributed by atoms with Gasteiger partial charge in [0, 0.05) is 12.6 Å². The number of sulfonamides is 1. The predicted molar refractivity (Wildman–Crippen MR) is 66.8 cm³/mol. The fourth-order valence-electron chi connectivity index (χ4n) is 2.28. The Kier molecular flexibility index (Phi) is 4.20. The highest BCUT2D eigenvalue weighted by Crippen LogP contribution is 2.26. The molecule has 106 valence electrons. The molecule has 0 amide bonds. The first kappa shape index (κ1) is 14.0. The van der Waals surface area contributed by atoms with Gasteiger partial charge in [-0.25, -0.2) is 13.4 Å². The van der Waals surface area contributed by atoms with E-state index >= 15 is 0 Å². The third-order valence-corrected chi connectivity index (χ3v) is 5.14. The molecular weight excluding hydrogens is 270 g/mol. The Morgan fingerprint density at radius 2 is 2.37 bits per heavy atom. The molecule has 1 aromatic rings. The summed E-state index contributed by atoms with van der Waals surface area (Å²) in [4.78, 5) is 17.7. The third kappa shape index (κ3) is 2.95. The maximum atomic E-state index is 12.4. The van der Waals surface area contributed by atoms with Crippen molar-refractivity contribution in [1.82, 2.24) is 14.3 Å². The molecule has 2 rings (SSSR count). The molecule has 2 heterocycles. The van der Waals surface area contributed by atoms with Crippen molar-refractivity contribution < 1.29 is 17.9 Å². The Labute approximate surface area is 112 Å². The minimum atomic E-state index is -3.61. The molecule has 1 aliphatic rings. The number of aromatic amines is 1. The summed E-state index contributed by atoms with van der Waals surface area (Å²) in [6, 6.07) is -0.338. The average Bonchev–Trinajstić information content (AvgIpc) is 2.93. The molecule has 7 nitrogen and oxygen atoms in total. The molecule has 1 unspecified atom stereocenters. The molecule has 0 radical (unpaired) electrons. The van der Waals surface area contributed by atoms with Gasteiger partial charge in [-0.15, -0.1) is 0 Å². The molecule has 19 heavy (non-hydrogen) atoms. The first-order chi connectivity index (χ1) is 9.05. The topological polar surface area (TPSA) is 92.4 Å². The van der Waals surface area contributed by atoms with E-state index in [9.17, 15) is 13.2 Å². The summed E-state index contributed by atoms with van der Waals surface area (Å²) in [6.45, 7) is 0.420. The fourth-order valence-corrected chi connectivity index (χ4v) is 3.87. The summed E-state index contributed by atoms with van der Waals surface area (Å²) < 4.78 is 30.9. The summed E-state index contributed by atoms with van der Waals surface area (Å²) in [6.07, 6.45) is 5.07. The van der Waals surface area contributed by atoms with Gasteiger partial charge in [0.1, 0.15) is 0 Å². The lowest BCUT2D eigenvalue weighted by molar-refractivity contribution is -0.141. The number of esters is 1. The highest BCUT2D eigenvalue weighted by Gasteiger charge is 2.35. The molecule has 0 saturated carbocycles. The average molecular weight is 287 g/mol. The number of H-pyrrole nitrogens is 1. The van der Waals surface area contributed by atoms with Gasteiger partial charge in [-0.3, -0.25) is 4.79 Å². The second-order valence-electron chi connectivity index (χ2n) is 4.46. The summed E-state index contributed by atoms with van der Waals surface area (Å²) >= 11 is 0. The van der Waals surface area contributed by atoms with Crippen molar-refractivity contribution in [3.05, 3.63) is 12.5 Å². The van der Waals surface area contributed by atoms with Crippen LogP contribution in [-0.2, 0) is 19.6 Å². The molecule has 0 aliphatic carbocycles. The molecule has 0 spiro atoms. The van der Waals surface area contributed by atoms with E-state index in [1.54, 1.807) is 0 Å². The second kappa shape index (κ2) is 5.70. The first-order valence-electron chi connectivity index (χ1n) is 6.12. The minimum Gasteiger partial charge on any atom is -0.469 e. The highest BCUT2D eigenvalue weighted by molar-refractivity contribution is 7.89. The van der Waals surface area contributed by atoms with Crippen molar-refractivity contribution in [1.29, 1.82) is 0 Å². The fraction of sp³-hybridized carbons (Fsp3) is 0.636. The van der Waals surface area contributed by atoms with Gasteiger partial charge in [-0.2, -0.15) is 4.31 Å². The van der Waals surface area contributed by atoms with Gasteiger partial charge in [0.15, 0.2) is 5.03 Å². The van der Waals surface area contributed by atoms with Gasteiger partial charge in [0.2, 0.25) is 0 Å². The number of hydrogen-bond donors (Lipinski definition) is 1. The smallest absolute Gasteiger partial charge is 0.307 e. The number of aromatic nitrogens is 2. The number of nitrogens with zero attached hydrogens (tertiary/aromatic N) is 2. The Bertz CT molecular complexity index is 526. The van der Waals surface area contributed by atoms with Crippen molar-refractivity contribution in [2.24, 2.45) is 0 Å². The van der Waals surface area contributed by atoms with Crippen LogP contribution in [0.2, 0.25) is 0 Å². The van der Waals surface area contributed by atoms with E-state index in [-0.39, 0.29) is 17.5 Å². The van der Waals surface area contributed by atoms with E-state index in [2.05, 4.69) is 14.7 Å². The van der Waals surface area contributed by atoms with Gasteiger partial charge >= 0.3 is 5.97 Å². The maximum Gasteiger partial charge on any atom is 0.307 e. The molecule has 8 heteroatoms. The number of carbonyl (C=O) groups excluding carboxylic acids is 1. The van der Waals surface area contributed by atoms with Gasteiger partial charge in [-0.1, -0.05) is 6.42 Å². The highest BCUT2D eigenvalue weighted by atomic mass is 32.2. The van der Waals surface area contributed by atoms with E-state index in [1.807, 2.05) is 0 Å². The van der Waals surface area contributed by atoms with E-state index in [1.165, 1.54) is 23.9 Å². The Morgan fingerprint density at radius 3 is 3.00 bits per heavy atom. The van der Waals surface area contributed by atoms with Crippen molar-refractivity contribution >= 4 is 16.0 Å². The van der Waals surface area contributed by atoms with Crippen LogP contribution in [0.25, 0.3) is 0 Å². The standard InChI is InChI=1S/C11H17N3O4S/c1-18-11(15)6-9-4-2-3-5-14(9)19(16,17)10-7-12-8-13-10/h7-9H,2-6H2,1H3,(H,12,13). The van der Waals surface area contributed by atoms with E-state index in [0.717, 1.165) is 12.8 Å². The molecule has 1 fully saturated rings. The van der Waals surface area contributed by atoms with Crippen LogP contribution >= 0.6 is 0 Å². The van der Waals surface area contributed by atoms with Gasteiger partial charge < -0.3 is 9.72 Å².